The molecule has 0 saturated heterocycles. The van der Waals surface area contributed by atoms with Gasteiger partial charge in [-0.25, -0.2) is 0 Å². The second kappa shape index (κ2) is 6.18. The zero-order chi connectivity index (χ0) is 13.3. The molecule has 2 aromatic carbocycles. The van der Waals surface area contributed by atoms with Crippen LogP contribution >= 0.6 is 64.9 Å². The Morgan fingerprint density at radius 2 is 0.889 bits per heavy atom. The normalized spacial score (nSPS) is 11.0. The van der Waals surface area contributed by atoms with Gasteiger partial charge >= 0.3 is 0 Å². The van der Waals surface area contributed by atoms with Crippen molar-refractivity contribution in [1.29, 1.82) is 0 Å². The second-order valence-electron chi connectivity index (χ2n) is 3.42. The van der Waals surface area contributed by atoms with Crippen molar-refractivity contribution in [3.8, 4) is 0 Å². The van der Waals surface area contributed by atoms with Crippen molar-refractivity contribution in [1.82, 2.24) is 0 Å². The Labute approximate surface area is 131 Å². The van der Waals surface area contributed by atoms with Crippen molar-refractivity contribution in [2.45, 2.75) is 0 Å². The summed E-state index contributed by atoms with van der Waals surface area (Å²) in [5.41, 5.74) is 0. The summed E-state index contributed by atoms with van der Waals surface area (Å²) < 4.78 is 0. The minimum absolute atomic E-state index is 0.514. The summed E-state index contributed by atoms with van der Waals surface area (Å²) in [4.78, 5) is 0. The maximum Gasteiger partial charge on any atom is 0.0584 e. The lowest BCUT2D eigenvalue weighted by Crippen LogP contribution is -2.12. The fourth-order valence-corrected chi connectivity index (χ4v) is 6.16. The van der Waals surface area contributed by atoms with Crippen LogP contribution in [0.3, 0.4) is 0 Å². The van der Waals surface area contributed by atoms with Gasteiger partial charge in [-0.05, 0) is 24.3 Å². The molecule has 0 unspecified atom stereocenters. The number of benzene rings is 2. The van der Waals surface area contributed by atoms with Gasteiger partial charge in [0.05, 0.1) is 27.4 Å². The van der Waals surface area contributed by atoms with Gasteiger partial charge in [0, 0.05) is 10.6 Å². The summed E-state index contributed by atoms with van der Waals surface area (Å²) in [5.74, 6) is 0. The highest BCUT2D eigenvalue weighted by molar-refractivity contribution is 7.96. The van der Waals surface area contributed by atoms with Crippen LogP contribution in [0.4, 0.5) is 0 Å². The molecule has 0 fully saturated rings. The molecule has 94 valence electrons. The van der Waals surface area contributed by atoms with E-state index in [1.54, 1.807) is 36.4 Å². The van der Waals surface area contributed by atoms with E-state index in [4.69, 9.17) is 57.6 Å². The molecule has 0 radical (unpaired) electrons. The number of halogens is 5. The molecule has 0 aromatic heterocycles. The van der Waals surface area contributed by atoms with Gasteiger partial charge in [-0.1, -0.05) is 69.8 Å². The zero-order valence-corrected chi connectivity index (χ0v) is 13.5. The first-order valence-electron chi connectivity index (χ1n) is 4.86. The molecular formula is C12H6Cl5P. The van der Waals surface area contributed by atoms with Crippen LogP contribution in [0.1, 0.15) is 0 Å². The third-order valence-corrected chi connectivity index (χ3v) is 6.82. The molecule has 18 heavy (non-hydrogen) atoms. The van der Waals surface area contributed by atoms with Gasteiger partial charge < -0.3 is 0 Å². The van der Waals surface area contributed by atoms with Crippen molar-refractivity contribution >= 4 is 75.5 Å². The van der Waals surface area contributed by atoms with Crippen LogP contribution in [0.2, 0.25) is 20.1 Å². The van der Waals surface area contributed by atoms with Gasteiger partial charge in [0.15, 0.2) is 0 Å². The number of hydrogen-bond donors (Lipinski definition) is 0. The van der Waals surface area contributed by atoms with Gasteiger partial charge in [-0.15, -0.1) is 0 Å². The average Bonchev–Trinajstić information content (AvgIpc) is 2.28. The van der Waals surface area contributed by atoms with E-state index < -0.39 is 7.27 Å². The van der Waals surface area contributed by atoms with Crippen LogP contribution < -0.4 is 10.6 Å². The fourth-order valence-electron chi connectivity index (χ4n) is 1.46. The molecule has 0 heterocycles. The second-order valence-corrected chi connectivity index (χ2v) is 7.52. The van der Waals surface area contributed by atoms with E-state index in [1.165, 1.54) is 0 Å². The Bertz CT molecular complexity index is 493. The molecule has 0 N–H and O–H groups in total. The molecule has 0 nitrogen and oxygen atoms in total. The summed E-state index contributed by atoms with van der Waals surface area (Å²) in [5, 5.41) is 3.40. The zero-order valence-electron chi connectivity index (χ0n) is 8.80. The first kappa shape index (κ1) is 14.7. The Balaban J connectivity index is 2.58. The molecule has 0 spiro atoms. The summed E-state index contributed by atoms with van der Waals surface area (Å²) in [7, 11) is -1.31. The van der Waals surface area contributed by atoms with E-state index >= 15 is 0 Å². The number of hydrogen-bond acceptors (Lipinski definition) is 0. The van der Waals surface area contributed by atoms with Gasteiger partial charge in [-0.2, -0.15) is 0 Å². The molecule has 0 atom stereocenters. The van der Waals surface area contributed by atoms with Crippen LogP contribution in [0, 0.1) is 0 Å². The van der Waals surface area contributed by atoms with Gasteiger partial charge in [0.1, 0.15) is 0 Å². The Morgan fingerprint density at radius 3 is 1.17 bits per heavy atom. The van der Waals surface area contributed by atoms with E-state index in [9.17, 15) is 0 Å². The Morgan fingerprint density at radius 1 is 0.611 bits per heavy atom. The maximum absolute atomic E-state index is 6.48. The van der Waals surface area contributed by atoms with Crippen LogP contribution in [0.25, 0.3) is 0 Å². The molecule has 2 aromatic rings. The molecule has 0 amide bonds. The van der Waals surface area contributed by atoms with E-state index in [-0.39, 0.29) is 0 Å². The van der Waals surface area contributed by atoms with E-state index in [2.05, 4.69) is 0 Å². The highest BCUT2D eigenvalue weighted by atomic mass is 35.7. The highest BCUT2D eigenvalue weighted by Crippen LogP contribution is 2.47. The third kappa shape index (κ3) is 2.90. The monoisotopic (exact) mass is 356 g/mol. The molecular weight excluding hydrogens is 352 g/mol. The SMILES string of the molecule is Clc1cccc(Cl)c1P(Cl)c1c(Cl)cccc1Cl. The van der Waals surface area contributed by atoms with Crippen LogP contribution in [0.5, 0.6) is 0 Å². The summed E-state index contributed by atoms with van der Waals surface area (Å²) in [6.45, 7) is 0. The highest BCUT2D eigenvalue weighted by Gasteiger charge is 2.22. The minimum atomic E-state index is -1.31. The van der Waals surface area contributed by atoms with Gasteiger partial charge in [-0.3, -0.25) is 0 Å². The quantitative estimate of drug-likeness (QED) is 0.588. The predicted molar refractivity (Wildman–Crippen MR) is 85.0 cm³/mol. The first-order chi connectivity index (χ1) is 8.52. The van der Waals surface area contributed by atoms with Gasteiger partial charge in [0.2, 0.25) is 0 Å². The molecule has 0 aliphatic rings. The molecule has 0 saturated carbocycles. The fraction of sp³-hybridized carbons (Fsp3) is 0. The smallest absolute Gasteiger partial charge is 0.0584 e. The lowest BCUT2D eigenvalue weighted by Gasteiger charge is -2.16. The maximum atomic E-state index is 6.48. The lowest BCUT2D eigenvalue weighted by atomic mass is 10.3. The predicted octanol–water partition coefficient (Wildman–Crippen LogP) is 5.89. The Kier molecular flexibility index (Phi) is 5.06. The van der Waals surface area contributed by atoms with Crippen molar-refractivity contribution < 1.29 is 0 Å². The van der Waals surface area contributed by atoms with E-state index in [0.29, 0.717) is 30.7 Å². The van der Waals surface area contributed by atoms with E-state index in [1.807, 2.05) is 0 Å². The van der Waals surface area contributed by atoms with Crippen molar-refractivity contribution in [3.05, 3.63) is 56.5 Å². The first-order valence-corrected chi connectivity index (χ1v) is 8.62. The largest absolute Gasteiger partial charge is 0.0856 e. The molecule has 2 rings (SSSR count). The van der Waals surface area contributed by atoms with Gasteiger partial charge in [0.25, 0.3) is 0 Å². The van der Waals surface area contributed by atoms with Crippen LogP contribution in [0.15, 0.2) is 36.4 Å². The third-order valence-electron chi connectivity index (χ3n) is 2.27. The van der Waals surface area contributed by atoms with Crippen LogP contribution in [-0.4, -0.2) is 0 Å². The van der Waals surface area contributed by atoms with Crippen molar-refractivity contribution in [2.75, 3.05) is 0 Å². The molecule has 0 bridgehead atoms. The minimum Gasteiger partial charge on any atom is -0.0856 e. The van der Waals surface area contributed by atoms with Crippen molar-refractivity contribution in [2.24, 2.45) is 0 Å². The number of rotatable bonds is 2. The Hall–Kier alpha value is 0.320. The molecule has 6 heteroatoms. The summed E-state index contributed by atoms with van der Waals surface area (Å²) in [6, 6.07) is 10.5. The molecule has 0 aliphatic heterocycles. The average molecular weight is 358 g/mol. The standard InChI is InChI=1S/C12H6Cl5P/c13-7-3-1-4-8(14)11(7)18(17)12-9(15)5-2-6-10(12)16/h1-6H. The lowest BCUT2D eigenvalue weighted by molar-refractivity contribution is 1.75. The molecule has 0 aliphatic carbocycles. The topological polar surface area (TPSA) is 0 Å². The summed E-state index contributed by atoms with van der Waals surface area (Å²) in [6.07, 6.45) is 0. The summed E-state index contributed by atoms with van der Waals surface area (Å²) >= 11 is 31.0. The van der Waals surface area contributed by atoms with E-state index in [0.717, 1.165) is 0 Å². The van der Waals surface area contributed by atoms with Crippen LogP contribution in [-0.2, 0) is 0 Å². The van der Waals surface area contributed by atoms with Crippen molar-refractivity contribution in [3.63, 3.8) is 0 Å².